The van der Waals surface area contributed by atoms with Crippen LogP contribution in [0.4, 0.5) is 10.1 Å². The van der Waals surface area contributed by atoms with Gasteiger partial charge in [-0.3, -0.25) is 0 Å². The predicted molar refractivity (Wildman–Crippen MR) is 94.6 cm³/mol. The normalized spacial score (nSPS) is 16.1. The molecule has 0 aromatic carbocycles. The fourth-order valence-electron chi connectivity index (χ4n) is 3.12. The molecule has 0 bridgehead atoms. The fraction of sp³-hybridized carbons (Fsp3) is 0.278. The number of halogens is 1. The third kappa shape index (κ3) is 3.28. The van der Waals surface area contributed by atoms with Gasteiger partial charge >= 0.3 is 0 Å². The van der Waals surface area contributed by atoms with E-state index in [1.54, 1.807) is 37.8 Å². The zero-order valence-corrected chi connectivity index (χ0v) is 14.8. The molecule has 0 fully saturated rings. The van der Waals surface area contributed by atoms with Crippen LogP contribution >= 0.6 is 0 Å². The summed E-state index contributed by atoms with van der Waals surface area (Å²) in [7, 11) is 3.04. The van der Waals surface area contributed by atoms with Gasteiger partial charge in [-0.05, 0) is 6.07 Å². The number of anilines is 1. The zero-order valence-electron chi connectivity index (χ0n) is 14.8. The highest BCUT2D eigenvalue weighted by atomic mass is 19.1. The smallest absolute Gasteiger partial charge is 0.218 e. The molecular weight excluding hydrogens is 351 g/mol. The van der Waals surface area contributed by atoms with Crippen molar-refractivity contribution in [1.29, 1.82) is 0 Å². The van der Waals surface area contributed by atoms with Crippen molar-refractivity contribution < 1.29 is 13.9 Å². The van der Waals surface area contributed by atoms with Gasteiger partial charge in [-0.25, -0.2) is 19.9 Å². The van der Waals surface area contributed by atoms with Gasteiger partial charge in [0, 0.05) is 62.0 Å². The van der Waals surface area contributed by atoms with Crippen LogP contribution < -0.4 is 9.64 Å². The number of rotatable bonds is 4. The summed E-state index contributed by atoms with van der Waals surface area (Å²) < 4.78 is 24.6. The summed E-state index contributed by atoms with van der Waals surface area (Å²) in [5.41, 5.74) is 2.30. The minimum Gasteiger partial charge on any atom is -0.481 e. The van der Waals surface area contributed by atoms with E-state index in [0.29, 0.717) is 30.3 Å². The van der Waals surface area contributed by atoms with Crippen LogP contribution in [0, 0.1) is 5.95 Å². The summed E-state index contributed by atoms with van der Waals surface area (Å²) in [4.78, 5) is 23.0. The summed E-state index contributed by atoms with van der Waals surface area (Å²) in [5, 5.41) is 0. The third-order valence-electron chi connectivity index (χ3n) is 4.32. The summed E-state index contributed by atoms with van der Waals surface area (Å²) in [6, 6.07) is 4.77. The van der Waals surface area contributed by atoms with Gasteiger partial charge in [-0.2, -0.15) is 9.37 Å². The van der Waals surface area contributed by atoms with E-state index in [9.17, 15) is 4.39 Å². The van der Waals surface area contributed by atoms with Crippen LogP contribution in [0.5, 0.6) is 5.88 Å². The van der Waals surface area contributed by atoms with Crippen molar-refractivity contribution in [3.05, 3.63) is 54.0 Å². The van der Waals surface area contributed by atoms with Crippen molar-refractivity contribution in [1.82, 2.24) is 24.9 Å². The highest BCUT2D eigenvalue weighted by Crippen LogP contribution is 2.34. The largest absolute Gasteiger partial charge is 0.481 e. The van der Waals surface area contributed by atoms with E-state index in [2.05, 4.69) is 24.9 Å². The monoisotopic (exact) mass is 368 g/mol. The minimum absolute atomic E-state index is 0.207. The molecule has 9 heteroatoms. The first kappa shape index (κ1) is 17.2. The lowest BCUT2D eigenvalue weighted by Crippen LogP contribution is -2.37. The molecule has 3 aromatic rings. The number of pyridine rings is 1. The Balaban J connectivity index is 1.70. The number of aromatic nitrogens is 5. The van der Waals surface area contributed by atoms with Crippen molar-refractivity contribution in [3.8, 4) is 17.5 Å². The van der Waals surface area contributed by atoms with Gasteiger partial charge in [0.1, 0.15) is 0 Å². The van der Waals surface area contributed by atoms with Gasteiger partial charge in [0.05, 0.1) is 12.8 Å². The Labute approximate surface area is 155 Å². The zero-order chi connectivity index (χ0) is 18.8. The maximum atomic E-state index is 13.8. The van der Waals surface area contributed by atoms with Crippen LogP contribution in [0.2, 0.25) is 0 Å². The molecule has 27 heavy (non-hydrogen) atoms. The van der Waals surface area contributed by atoms with Crippen molar-refractivity contribution in [2.24, 2.45) is 0 Å². The number of hydrogen-bond donors (Lipinski definition) is 0. The number of methoxy groups -OCH3 is 2. The van der Waals surface area contributed by atoms with E-state index in [0.717, 1.165) is 11.3 Å². The lowest BCUT2D eigenvalue weighted by molar-refractivity contribution is 0.0932. The first-order chi connectivity index (χ1) is 13.2. The SMILES string of the molecule is COc1cc(N2CCc3nc(-c4ncccn4)ncc3C2OC)cc(F)n1. The highest BCUT2D eigenvalue weighted by Gasteiger charge is 2.30. The van der Waals surface area contributed by atoms with Crippen molar-refractivity contribution in [2.45, 2.75) is 12.6 Å². The van der Waals surface area contributed by atoms with Crippen molar-refractivity contribution in [2.75, 3.05) is 25.7 Å². The topological polar surface area (TPSA) is 86.2 Å². The molecule has 4 rings (SSSR count). The van der Waals surface area contributed by atoms with Crippen LogP contribution in [-0.4, -0.2) is 45.7 Å². The summed E-state index contributed by atoms with van der Waals surface area (Å²) >= 11 is 0. The first-order valence-corrected chi connectivity index (χ1v) is 8.34. The molecule has 1 aliphatic heterocycles. The van der Waals surface area contributed by atoms with Crippen LogP contribution in [-0.2, 0) is 11.2 Å². The molecule has 1 atom stereocenters. The maximum absolute atomic E-state index is 13.8. The van der Waals surface area contributed by atoms with Gasteiger partial charge in [0.2, 0.25) is 11.8 Å². The van der Waals surface area contributed by atoms with Gasteiger partial charge < -0.3 is 14.4 Å². The fourth-order valence-corrected chi connectivity index (χ4v) is 3.12. The lowest BCUT2D eigenvalue weighted by atomic mass is 10.0. The van der Waals surface area contributed by atoms with E-state index < -0.39 is 12.2 Å². The van der Waals surface area contributed by atoms with E-state index in [4.69, 9.17) is 9.47 Å². The molecule has 0 amide bonds. The second-order valence-corrected chi connectivity index (χ2v) is 5.89. The maximum Gasteiger partial charge on any atom is 0.218 e. The van der Waals surface area contributed by atoms with E-state index in [1.165, 1.54) is 13.2 Å². The lowest BCUT2D eigenvalue weighted by Gasteiger charge is -2.37. The van der Waals surface area contributed by atoms with Crippen LogP contribution in [0.25, 0.3) is 11.6 Å². The van der Waals surface area contributed by atoms with Gasteiger partial charge in [0.25, 0.3) is 0 Å². The van der Waals surface area contributed by atoms with Crippen molar-refractivity contribution >= 4 is 5.69 Å². The predicted octanol–water partition coefficient (Wildman–Crippen LogP) is 2.18. The number of fused-ring (bicyclic) bond motifs is 1. The van der Waals surface area contributed by atoms with Crippen LogP contribution in [0.15, 0.2) is 36.8 Å². The number of hydrogen-bond acceptors (Lipinski definition) is 8. The summed E-state index contributed by atoms with van der Waals surface area (Å²) in [5.74, 6) is 0.531. The Kier molecular flexibility index (Phi) is 4.59. The Morgan fingerprint density at radius 3 is 2.63 bits per heavy atom. The Morgan fingerprint density at radius 2 is 1.89 bits per heavy atom. The molecule has 1 unspecified atom stereocenters. The molecule has 8 nitrogen and oxygen atoms in total. The molecule has 138 valence electrons. The molecule has 4 heterocycles. The van der Waals surface area contributed by atoms with E-state index >= 15 is 0 Å². The first-order valence-electron chi connectivity index (χ1n) is 8.34. The average Bonchev–Trinajstić information content (AvgIpc) is 2.72. The Hall–Kier alpha value is -3.20. The van der Waals surface area contributed by atoms with Gasteiger partial charge in [-0.15, -0.1) is 0 Å². The summed E-state index contributed by atoms with van der Waals surface area (Å²) in [6.07, 6.45) is 5.20. The van der Waals surface area contributed by atoms with Gasteiger partial charge in [-0.1, -0.05) is 0 Å². The molecule has 0 saturated carbocycles. The average molecular weight is 368 g/mol. The Morgan fingerprint density at radius 1 is 1.07 bits per heavy atom. The van der Waals surface area contributed by atoms with Crippen molar-refractivity contribution in [3.63, 3.8) is 0 Å². The third-order valence-corrected chi connectivity index (χ3v) is 4.32. The number of nitrogens with zero attached hydrogens (tertiary/aromatic N) is 6. The second-order valence-electron chi connectivity index (χ2n) is 5.89. The van der Waals surface area contributed by atoms with Gasteiger partial charge in [0.15, 0.2) is 17.9 Å². The molecular formula is C18H17FN6O2. The quantitative estimate of drug-likeness (QED) is 0.648. The highest BCUT2D eigenvalue weighted by molar-refractivity contribution is 5.53. The van der Waals surface area contributed by atoms with Crippen LogP contribution in [0.3, 0.4) is 0 Å². The molecule has 0 saturated heterocycles. The molecule has 0 aliphatic carbocycles. The Bertz CT molecular complexity index is 956. The molecule has 0 radical (unpaired) electrons. The molecule has 1 aliphatic rings. The molecule has 0 spiro atoms. The van der Waals surface area contributed by atoms with Crippen LogP contribution in [0.1, 0.15) is 17.5 Å². The van der Waals surface area contributed by atoms with E-state index in [-0.39, 0.29) is 5.88 Å². The summed E-state index contributed by atoms with van der Waals surface area (Å²) in [6.45, 7) is 0.588. The second kappa shape index (κ2) is 7.20. The molecule has 3 aromatic heterocycles. The van der Waals surface area contributed by atoms with E-state index in [1.807, 2.05) is 4.90 Å². The standard InChI is InChI=1S/C18H17FN6O2/c1-26-15-9-11(8-14(19)24-15)25-7-4-13-12(18(25)27-2)10-22-17(23-13)16-20-5-3-6-21-16/h3,5-6,8-10,18H,4,7H2,1-2H3. The molecule has 0 N–H and O–H groups in total. The minimum atomic E-state index is -0.613. The number of ether oxygens (including phenoxy) is 2.